The largest absolute Gasteiger partial charge is 0.495 e. The van der Waals surface area contributed by atoms with Gasteiger partial charge in [0.2, 0.25) is 0 Å². The molecule has 1 heterocycles. The van der Waals surface area contributed by atoms with E-state index in [0.29, 0.717) is 21.7 Å². The minimum absolute atomic E-state index is 0.153. The van der Waals surface area contributed by atoms with Crippen LogP contribution in [0.2, 0.25) is 0 Å². The number of aromatic nitrogens is 2. The molecule has 4 N–H and O–H groups in total. The van der Waals surface area contributed by atoms with Crippen LogP contribution in [-0.2, 0) is 0 Å². The molecule has 8 nitrogen and oxygen atoms in total. The number of hydrogen-bond acceptors (Lipinski definition) is 5. The summed E-state index contributed by atoms with van der Waals surface area (Å²) in [6.45, 7) is 0. The first-order valence-corrected chi connectivity index (χ1v) is 4.89. The van der Waals surface area contributed by atoms with E-state index in [9.17, 15) is 9.59 Å². The number of nitrogens with zero attached hydrogens (tertiary/aromatic N) is 2. The summed E-state index contributed by atoms with van der Waals surface area (Å²) < 4.78 is 5.07. The van der Waals surface area contributed by atoms with Crippen LogP contribution in [0.1, 0.15) is 0 Å². The van der Waals surface area contributed by atoms with Crippen molar-refractivity contribution in [2.75, 3.05) is 12.1 Å². The lowest BCUT2D eigenvalue weighted by Crippen LogP contribution is -2.38. The maximum absolute atomic E-state index is 11.4. The van der Waals surface area contributed by atoms with Crippen molar-refractivity contribution in [3.63, 3.8) is 0 Å². The summed E-state index contributed by atoms with van der Waals surface area (Å²) in [6, 6.07) is 4.85. The third kappa shape index (κ3) is 1.84. The van der Waals surface area contributed by atoms with Gasteiger partial charge in [-0.15, -0.1) is 0 Å². The first-order chi connectivity index (χ1) is 8.54. The van der Waals surface area contributed by atoms with Gasteiger partial charge in [-0.05, 0) is 12.1 Å². The third-order valence-corrected chi connectivity index (χ3v) is 2.36. The summed E-state index contributed by atoms with van der Waals surface area (Å²) in [6.07, 6.45) is -1.42. The molecule has 0 atom stereocenters. The number of hydrogen-bond donors (Lipinski definition) is 3. The van der Waals surface area contributed by atoms with Gasteiger partial charge in [0.1, 0.15) is 5.75 Å². The number of nitrogens with one attached hydrogen (secondary N) is 1. The molecular formula is C10H10N4O4. The minimum Gasteiger partial charge on any atom is -0.495 e. The SMILES string of the molecule is COc1cccc2c(N(N)C(=O)O)nc(=O)[nH]c12. The van der Waals surface area contributed by atoms with Gasteiger partial charge in [-0.3, -0.25) is 0 Å². The van der Waals surface area contributed by atoms with Gasteiger partial charge < -0.3 is 14.8 Å². The molecule has 0 unspecified atom stereocenters. The summed E-state index contributed by atoms with van der Waals surface area (Å²) in [5, 5.41) is 9.59. The number of ether oxygens (including phenoxy) is 1. The van der Waals surface area contributed by atoms with Gasteiger partial charge in [0.25, 0.3) is 0 Å². The molecule has 0 bridgehead atoms. The molecule has 1 aromatic carbocycles. The Morgan fingerprint density at radius 3 is 2.89 bits per heavy atom. The van der Waals surface area contributed by atoms with E-state index in [4.69, 9.17) is 15.7 Å². The summed E-state index contributed by atoms with van der Waals surface area (Å²) >= 11 is 0. The lowest BCUT2D eigenvalue weighted by molar-refractivity contribution is 0.202. The fraction of sp³-hybridized carbons (Fsp3) is 0.100. The van der Waals surface area contributed by atoms with E-state index in [1.807, 2.05) is 0 Å². The zero-order valence-corrected chi connectivity index (χ0v) is 9.38. The molecule has 94 valence electrons. The van der Waals surface area contributed by atoms with Crippen LogP contribution in [0.3, 0.4) is 0 Å². The molecule has 0 aliphatic carbocycles. The average molecular weight is 250 g/mol. The molecule has 2 aromatic rings. The number of carbonyl (C=O) groups is 1. The quantitative estimate of drug-likeness (QED) is 0.400. The fourth-order valence-corrected chi connectivity index (χ4v) is 1.58. The highest BCUT2D eigenvalue weighted by Crippen LogP contribution is 2.27. The molecule has 2 rings (SSSR count). The number of methoxy groups -OCH3 is 1. The molecule has 0 aliphatic heterocycles. The number of hydrazine groups is 1. The van der Waals surface area contributed by atoms with E-state index in [1.165, 1.54) is 7.11 Å². The van der Waals surface area contributed by atoms with E-state index >= 15 is 0 Å². The molecule has 0 aliphatic rings. The molecule has 0 saturated heterocycles. The number of fused-ring (bicyclic) bond motifs is 1. The number of anilines is 1. The van der Waals surface area contributed by atoms with E-state index in [1.54, 1.807) is 18.2 Å². The number of aromatic amines is 1. The Hall–Kier alpha value is -2.61. The highest BCUT2D eigenvalue weighted by atomic mass is 16.5. The maximum atomic E-state index is 11.4. The van der Waals surface area contributed by atoms with E-state index in [2.05, 4.69) is 9.97 Å². The maximum Gasteiger partial charge on any atom is 0.427 e. The van der Waals surface area contributed by atoms with Crippen molar-refractivity contribution in [3.8, 4) is 5.75 Å². The smallest absolute Gasteiger partial charge is 0.427 e. The van der Waals surface area contributed by atoms with Crippen LogP contribution in [0.4, 0.5) is 10.6 Å². The number of carboxylic acid groups (broad SMARTS) is 1. The van der Waals surface area contributed by atoms with Crippen LogP contribution in [-0.4, -0.2) is 28.3 Å². The Morgan fingerprint density at radius 1 is 1.56 bits per heavy atom. The van der Waals surface area contributed by atoms with Crippen LogP contribution in [0.15, 0.2) is 23.0 Å². The van der Waals surface area contributed by atoms with Crippen molar-refractivity contribution in [2.24, 2.45) is 5.84 Å². The molecule has 1 aromatic heterocycles. The Kier molecular flexibility index (Phi) is 2.86. The number of nitrogens with two attached hydrogens (primary N) is 1. The zero-order chi connectivity index (χ0) is 13.3. The number of para-hydroxylation sites is 1. The second kappa shape index (κ2) is 4.34. The molecule has 0 spiro atoms. The normalized spacial score (nSPS) is 10.3. The van der Waals surface area contributed by atoms with Gasteiger partial charge in [-0.1, -0.05) is 6.07 Å². The van der Waals surface area contributed by atoms with E-state index in [0.717, 1.165) is 0 Å². The van der Waals surface area contributed by atoms with Crippen molar-refractivity contribution >= 4 is 22.8 Å². The predicted molar refractivity (Wildman–Crippen MR) is 63.6 cm³/mol. The van der Waals surface area contributed by atoms with Crippen molar-refractivity contribution in [1.29, 1.82) is 0 Å². The second-order valence-electron chi connectivity index (χ2n) is 3.40. The lowest BCUT2D eigenvalue weighted by Gasteiger charge is -2.14. The molecule has 1 amide bonds. The van der Waals surface area contributed by atoms with Gasteiger partial charge in [0, 0.05) is 5.39 Å². The van der Waals surface area contributed by atoms with Crippen LogP contribution in [0.5, 0.6) is 5.75 Å². The Morgan fingerprint density at radius 2 is 2.28 bits per heavy atom. The summed E-state index contributed by atoms with van der Waals surface area (Å²) in [7, 11) is 1.44. The highest BCUT2D eigenvalue weighted by molar-refractivity contribution is 5.98. The van der Waals surface area contributed by atoms with Crippen LogP contribution in [0, 0.1) is 0 Å². The summed E-state index contributed by atoms with van der Waals surface area (Å²) in [5.74, 6) is 5.58. The number of H-pyrrole nitrogens is 1. The van der Waals surface area contributed by atoms with Crippen molar-refractivity contribution in [1.82, 2.24) is 9.97 Å². The monoisotopic (exact) mass is 250 g/mol. The van der Waals surface area contributed by atoms with Crippen molar-refractivity contribution in [3.05, 3.63) is 28.7 Å². The van der Waals surface area contributed by atoms with E-state index in [-0.39, 0.29) is 5.82 Å². The van der Waals surface area contributed by atoms with Gasteiger partial charge in [0.15, 0.2) is 5.82 Å². The summed E-state index contributed by atoms with van der Waals surface area (Å²) in [4.78, 5) is 28.3. The predicted octanol–water partition coefficient (Wildman–Crippen LogP) is 0.290. The van der Waals surface area contributed by atoms with Crippen molar-refractivity contribution < 1.29 is 14.6 Å². The topological polar surface area (TPSA) is 122 Å². The molecule has 8 heteroatoms. The third-order valence-electron chi connectivity index (χ3n) is 2.36. The first-order valence-electron chi connectivity index (χ1n) is 4.89. The first kappa shape index (κ1) is 11.9. The Bertz CT molecular complexity index is 666. The van der Waals surface area contributed by atoms with Crippen LogP contribution >= 0.6 is 0 Å². The van der Waals surface area contributed by atoms with Crippen LogP contribution in [0.25, 0.3) is 10.9 Å². The highest BCUT2D eigenvalue weighted by Gasteiger charge is 2.17. The van der Waals surface area contributed by atoms with Crippen molar-refractivity contribution in [2.45, 2.75) is 0 Å². The van der Waals surface area contributed by atoms with Crippen LogP contribution < -0.4 is 21.3 Å². The van der Waals surface area contributed by atoms with Gasteiger partial charge >= 0.3 is 11.8 Å². The lowest BCUT2D eigenvalue weighted by atomic mass is 10.2. The standard InChI is InChI=1S/C10H10N4O4/c1-18-6-4-2-3-5-7(6)12-9(15)13-8(5)14(11)10(16)17/h2-4H,11H2,1H3,(H,16,17)(H,12,13,15). The van der Waals surface area contributed by atoms with E-state index < -0.39 is 11.8 Å². The van der Waals surface area contributed by atoms with Gasteiger partial charge in [0.05, 0.1) is 12.6 Å². The molecule has 0 saturated carbocycles. The van der Waals surface area contributed by atoms with Gasteiger partial charge in [-0.2, -0.15) is 9.99 Å². The molecular weight excluding hydrogens is 240 g/mol. The molecule has 18 heavy (non-hydrogen) atoms. The molecule has 0 fully saturated rings. The zero-order valence-electron chi connectivity index (χ0n) is 9.38. The number of benzene rings is 1. The fourth-order valence-electron chi connectivity index (χ4n) is 1.58. The summed E-state index contributed by atoms with van der Waals surface area (Å²) in [5.41, 5.74) is -0.370. The number of amides is 1. The minimum atomic E-state index is -1.42. The number of rotatable bonds is 2. The van der Waals surface area contributed by atoms with Gasteiger partial charge in [-0.25, -0.2) is 15.4 Å². The second-order valence-corrected chi connectivity index (χ2v) is 3.40. The Labute approximate surface area is 101 Å². The molecule has 0 radical (unpaired) electrons. The Balaban J connectivity index is 2.82. The average Bonchev–Trinajstić information content (AvgIpc) is 2.36.